The quantitative estimate of drug-likeness (QED) is 0.116. The molecule has 0 heterocycles. The number of rotatable bonds is 15. The number of alkyl halides is 6. The highest BCUT2D eigenvalue weighted by molar-refractivity contribution is 7.86. The van der Waals surface area contributed by atoms with Crippen molar-refractivity contribution in [2.75, 3.05) is 26.2 Å². The van der Waals surface area contributed by atoms with E-state index in [4.69, 9.17) is 0 Å². The van der Waals surface area contributed by atoms with Crippen LogP contribution in [0.2, 0.25) is 0 Å². The molecule has 0 fully saturated rings. The van der Waals surface area contributed by atoms with E-state index < -0.39 is 40.1 Å². The summed E-state index contributed by atoms with van der Waals surface area (Å²) in [6.45, 7) is 16.2. The molecule has 0 aliphatic heterocycles. The van der Waals surface area contributed by atoms with Crippen LogP contribution in [-0.4, -0.2) is 60.7 Å². The molecule has 0 radical (unpaired) electrons. The van der Waals surface area contributed by atoms with Crippen LogP contribution in [0.15, 0.2) is 0 Å². The molecule has 0 aromatic carbocycles. The minimum absolute atomic E-state index is 0.130. The van der Waals surface area contributed by atoms with E-state index in [1.807, 2.05) is 6.92 Å². The largest absolute Gasteiger partial charge is 0.743 e. The zero-order valence-corrected chi connectivity index (χ0v) is 20.1. The van der Waals surface area contributed by atoms with Crippen LogP contribution in [0.1, 0.15) is 86.0 Å². The van der Waals surface area contributed by atoms with Gasteiger partial charge >= 0.3 is 17.1 Å². The van der Waals surface area contributed by atoms with Gasteiger partial charge in [0.15, 0.2) is 10.1 Å². The summed E-state index contributed by atoms with van der Waals surface area (Å²) < 4.78 is 110. The third-order valence-electron chi connectivity index (χ3n) is 5.92. The van der Waals surface area contributed by atoms with E-state index in [2.05, 4.69) is 27.7 Å². The molecule has 0 atom stereocenters. The van der Waals surface area contributed by atoms with Crippen LogP contribution in [0.5, 0.6) is 0 Å². The molecule has 11 heteroatoms. The van der Waals surface area contributed by atoms with Gasteiger partial charge in [-0.25, -0.2) is 8.42 Å². The Balaban J connectivity index is 0. The van der Waals surface area contributed by atoms with Crippen molar-refractivity contribution in [2.24, 2.45) is 0 Å². The summed E-state index contributed by atoms with van der Waals surface area (Å²) in [4.78, 5) is 0. The third kappa shape index (κ3) is 9.45. The summed E-state index contributed by atoms with van der Waals surface area (Å²) in [7, 11) is -6.90. The summed E-state index contributed by atoms with van der Waals surface area (Å²) >= 11 is 0. The summed E-state index contributed by atoms with van der Waals surface area (Å²) in [6, 6.07) is 0. The van der Waals surface area contributed by atoms with Gasteiger partial charge in [0.2, 0.25) is 0 Å². The normalized spacial score (nSPS) is 13.7. The standard InChI is InChI=1S/C12H20F6O3S.C8H20N/c1-2-3-4-5-6-7-8-9-10(13,14)11(15,16)12(17,18)22(19,20)21;1-5-9(6-2,7-3)8-4/h2-9H2,1H3,(H,19,20,21);5-8H2,1-4H3/q;+1/p-1. The fraction of sp³-hybridized carbons (Fsp3) is 1.00. The van der Waals surface area contributed by atoms with Crippen LogP contribution < -0.4 is 0 Å². The zero-order valence-electron chi connectivity index (χ0n) is 19.3. The molecular weight excluding hydrogens is 448 g/mol. The molecule has 0 rings (SSSR count). The van der Waals surface area contributed by atoms with Gasteiger partial charge in [0.05, 0.1) is 26.2 Å². The number of quaternary nitrogens is 1. The monoisotopic (exact) mass is 487 g/mol. The molecule has 4 nitrogen and oxygen atoms in total. The Bertz CT molecular complexity index is 564. The van der Waals surface area contributed by atoms with E-state index in [0.29, 0.717) is 12.8 Å². The summed E-state index contributed by atoms with van der Waals surface area (Å²) in [5, 5.41) is -6.36. The van der Waals surface area contributed by atoms with Gasteiger partial charge in [-0.2, -0.15) is 26.3 Å². The Hall–Kier alpha value is -0.550. The number of hydrogen-bond donors (Lipinski definition) is 0. The first-order valence-corrected chi connectivity index (χ1v) is 12.4. The van der Waals surface area contributed by atoms with E-state index in [0.717, 1.165) is 19.3 Å². The van der Waals surface area contributed by atoms with Gasteiger partial charge in [0, 0.05) is 6.42 Å². The second-order valence-corrected chi connectivity index (χ2v) is 9.15. The molecule has 0 amide bonds. The lowest BCUT2D eigenvalue weighted by atomic mass is 10.0. The average molecular weight is 488 g/mol. The lowest BCUT2D eigenvalue weighted by Crippen LogP contribution is -2.57. The molecule has 31 heavy (non-hydrogen) atoms. The highest BCUT2D eigenvalue weighted by Crippen LogP contribution is 2.50. The molecule has 0 aromatic heterocycles. The first-order valence-electron chi connectivity index (χ1n) is 11.0. The van der Waals surface area contributed by atoms with Crippen LogP contribution in [-0.2, 0) is 10.1 Å². The fourth-order valence-corrected chi connectivity index (χ4v) is 3.64. The molecule has 190 valence electrons. The van der Waals surface area contributed by atoms with Gasteiger partial charge in [0.1, 0.15) is 0 Å². The predicted octanol–water partition coefficient (Wildman–Crippen LogP) is 6.42. The minimum Gasteiger partial charge on any atom is -0.743 e. The lowest BCUT2D eigenvalue weighted by Gasteiger charge is -2.34. The van der Waals surface area contributed by atoms with Gasteiger partial charge in [-0.3, -0.25) is 0 Å². The number of hydrogen-bond acceptors (Lipinski definition) is 3. The Morgan fingerprint density at radius 2 is 1.03 bits per heavy atom. The third-order valence-corrected chi connectivity index (χ3v) is 6.80. The van der Waals surface area contributed by atoms with Gasteiger partial charge in [-0.15, -0.1) is 0 Å². The number of nitrogens with zero attached hydrogens (tertiary/aromatic N) is 1. The zero-order chi connectivity index (χ0) is 25.0. The van der Waals surface area contributed by atoms with Crippen molar-refractivity contribution in [3.8, 4) is 0 Å². The SMILES string of the molecule is CCCCCCCCCC(F)(F)C(F)(F)C(F)(F)S(=O)(=O)[O-].CC[N+](CC)(CC)CC. The van der Waals surface area contributed by atoms with Crippen molar-refractivity contribution in [3.63, 3.8) is 0 Å². The van der Waals surface area contributed by atoms with Gasteiger partial charge < -0.3 is 9.04 Å². The second-order valence-electron chi connectivity index (χ2n) is 7.73. The van der Waals surface area contributed by atoms with Gasteiger partial charge in [0.25, 0.3) is 0 Å². The van der Waals surface area contributed by atoms with Crippen LogP contribution in [0.3, 0.4) is 0 Å². The number of halogens is 6. The molecule has 0 saturated heterocycles. The van der Waals surface area contributed by atoms with Crippen molar-refractivity contribution in [3.05, 3.63) is 0 Å². The number of unbranched alkanes of at least 4 members (excludes halogenated alkanes) is 6. The molecule has 0 unspecified atom stereocenters. The Morgan fingerprint density at radius 1 is 0.677 bits per heavy atom. The topological polar surface area (TPSA) is 57.2 Å². The van der Waals surface area contributed by atoms with E-state index in [1.54, 1.807) is 0 Å². The van der Waals surface area contributed by atoms with Crippen LogP contribution >= 0.6 is 0 Å². The molecule has 0 spiro atoms. The maximum absolute atomic E-state index is 13.2. The van der Waals surface area contributed by atoms with Gasteiger partial charge in [-0.1, -0.05) is 45.4 Å². The van der Waals surface area contributed by atoms with Crippen LogP contribution in [0.25, 0.3) is 0 Å². The minimum atomic E-state index is -6.90. The smallest absolute Gasteiger partial charge is 0.402 e. The molecule has 0 N–H and O–H groups in total. The first kappa shape index (κ1) is 32.6. The highest BCUT2D eigenvalue weighted by Gasteiger charge is 2.74. The van der Waals surface area contributed by atoms with E-state index >= 15 is 0 Å². The second kappa shape index (κ2) is 13.9. The molecular formula is C20H39F6NO3S. The average Bonchev–Trinajstić information content (AvgIpc) is 2.69. The molecule has 0 aliphatic carbocycles. The van der Waals surface area contributed by atoms with E-state index in [-0.39, 0.29) is 6.42 Å². The summed E-state index contributed by atoms with van der Waals surface area (Å²) in [6.07, 6.45) is 2.01. The van der Waals surface area contributed by atoms with Crippen molar-refractivity contribution in [1.82, 2.24) is 0 Å². The molecule has 0 aromatic rings. The Labute approximate surface area is 183 Å². The molecule has 0 bridgehead atoms. The van der Waals surface area contributed by atoms with Crippen LogP contribution in [0.4, 0.5) is 26.3 Å². The van der Waals surface area contributed by atoms with Crippen LogP contribution in [0, 0.1) is 0 Å². The Morgan fingerprint density at radius 3 is 1.32 bits per heavy atom. The first-order chi connectivity index (χ1) is 14.1. The van der Waals surface area contributed by atoms with E-state index in [9.17, 15) is 39.3 Å². The predicted molar refractivity (Wildman–Crippen MR) is 110 cm³/mol. The highest BCUT2D eigenvalue weighted by atomic mass is 32.2. The maximum Gasteiger partial charge on any atom is 0.402 e. The fourth-order valence-electron chi connectivity index (χ4n) is 3.17. The van der Waals surface area contributed by atoms with Crippen molar-refractivity contribution in [1.29, 1.82) is 0 Å². The summed E-state index contributed by atoms with van der Waals surface area (Å²) in [5.41, 5.74) is 0. The maximum atomic E-state index is 13.2. The molecule has 0 saturated carbocycles. The summed E-state index contributed by atoms with van der Waals surface area (Å²) in [5.74, 6) is -11.5. The molecule has 0 aliphatic rings. The van der Waals surface area contributed by atoms with E-state index in [1.165, 1.54) is 30.7 Å². The van der Waals surface area contributed by atoms with Gasteiger partial charge in [-0.05, 0) is 34.1 Å². The van der Waals surface area contributed by atoms with Crippen molar-refractivity contribution >= 4 is 10.1 Å². The lowest BCUT2D eigenvalue weighted by molar-refractivity contribution is -0.921. The van der Waals surface area contributed by atoms with Crippen molar-refractivity contribution < 1.29 is 43.8 Å². The van der Waals surface area contributed by atoms with Crippen molar-refractivity contribution in [2.45, 2.75) is 103 Å². The Kier molecular flexibility index (Phi) is 14.6.